The SMILES string of the molecule is C[C@H]1OC(=O)[C@@H]2[C@@H]3O[C@@H]([C@@H]4CCCC[C@@H]43)[C@H]21. The van der Waals surface area contributed by atoms with Crippen LogP contribution in [0.2, 0.25) is 0 Å². The van der Waals surface area contributed by atoms with Crippen LogP contribution < -0.4 is 0 Å². The van der Waals surface area contributed by atoms with Crippen LogP contribution in [0.15, 0.2) is 0 Å². The van der Waals surface area contributed by atoms with Crippen molar-refractivity contribution in [3.63, 3.8) is 0 Å². The van der Waals surface area contributed by atoms with E-state index in [4.69, 9.17) is 9.47 Å². The summed E-state index contributed by atoms with van der Waals surface area (Å²) in [6, 6.07) is 0. The summed E-state index contributed by atoms with van der Waals surface area (Å²) in [4.78, 5) is 11.8. The minimum Gasteiger partial charge on any atom is -0.462 e. The van der Waals surface area contributed by atoms with Gasteiger partial charge in [-0.15, -0.1) is 0 Å². The predicted molar refractivity (Wildman–Crippen MR) is 56.6 cm³/mol. The number of carbonyl (C=O) groups excluding carboxylic acids is 1. The molecule has 3 saturated heterocycles. The minimum atomic E-state index is 0.00836. The maximum atomic E-state index is 11.8. The van der Waals surface area contributed by atoms with Gasteiger partial charge in [0.1, 0.15) is 6.10 Å². The standard InChI is InChI=1S/C13H18O3/c1-6-9-10(13(14)15-6)12-8-5-3-2-4-7(8)11(9)16-12/h6-12H,2-5H2,1H3/t6-,7-,8+,9+,10+,11+,12-/m1/s1. The van der Waals surface area contributed by atoms with E-state index in [1.165, 1.54) is 25.7 Å². The quantitative estimate of drug-likeness (QED) is 0.586. The zero-order valence-electron chi connectivity index (χ0n) is 9.59. The number of fused-ring (bicyclic) bond motifs is 8. The van der Waals surface area contributed by atoms with Gasteiger partial charge in [0.25, 0.3) is 0 Å². The number of esters is 1. The van der Waals surface area contributed by atoms with Gasteiger partial charge in [0.2, 0.25) is 0 Å². The lowest BCUT2D eigenvalue weighted by Crippen LogP contribution is -2.42. The second-order valence-corrected chi connectivity index (χ2v) is 5.92. The van der Waals surface area contributed by atoms with E-state index in [1.807, 2.05) is 6.92 Å². The molecule has 3 aliphatic heterocycles. The average Bonchev–Trinajstić information content (AvgIpc) is 2.91. The van der Waals surface area contributed by atoms with E-state index in [1.54, 1.807) is 0 Å². The topological polar surface area (TPSA) is 35.5 Å². The fraction of sp³-hybridized carbons (Fsp3) is 0.923. The van der Waals surface area contributed by atoms with Gasteiger partial charge < -0.3 is 9.47 Å². The maximum Gasteiger partial charge on any atom is 0.312 e. The molecule has 0 spiro atoms. The largest absolute Gasteiger partial charge is 0.462 e. The first kappa shape index (κ1) is 9.46. The molecule has 4 rings (SSSR count). The van der Waals surface area contributed by atoms with Crippen LogP contribution >= 0.6 is 0 Å². The van der Waals surface area contributed by atoms with Crippen molar-refractivity contribution in [2.24, 2.45) is 23.7 Å². The van der Waals surface area contributed by atoms with Crippen molar-refractivity contribution in [1.82, 2.24) is 0 Å². The van der Waals surface area contributed by atoms with Crippen molar-refractivity contribution in [2.75, 3.05) is 0 Å². The van der Waals surface area contributed by atoms with Gasteiger partial charge in [0.05, 0.1) is 18.1 Å². The number of rotatable bonds is 0. The van der Waals surface area contributed by atoms with Gasteiger partial charge >= 0.3 is 5.97 Å². The van der Waals surface area contributed by atoms with Gasteiger partial charge in [-0.05, 0) is 31.6 Å². The highest BCUT2D eigenvalue weighted by Crippen LogP contribution is 2.58. The second-order valence-electron chi connectivity index (χ2n) is 5.92. The smallest absolute Gasteiger partial charge is 0.312 e. The lowest BCUT2D eigenvalue weighted by atomic mass is 9.63. The van der Waals surface area contributed by atoms with E-state index in [9.17, 15) is 4.79 Å². The molecule has 0 aromatic rings. The summed E-state index contributed by atoms with van der Waals surface area (Å²) in [6.07, 6.45) is 5.81. The van der Waals surface area contributed by atoms with Crippen LogP contribution in [-0.2, 0) is 14.3 Å². The van der Waals surface area contributed by atoms with Gasteiger partial charge in [-0.2, -0.15) is 0 Å². The Hall–Kier alpha value is -0.570. The molecule has 1 aliphatic carbocycles. The van der Waals surface area contributed by atoms with E-state index in [-0.39, 0.29) is 24.1 Å². The number of hydrogen-bond acceptors (Lipinski definition) is 3. The molecule has 4 aliphatic rings. The lowest BCUT2D eigenvalue weighted by molar-refractivity contribution is -0.147. The van der Waals surface area contributed by atoms with E-state index in [2.05, 4.69) is 0 Å². The first-order valence-electron chi connectivity index (χ1n) is 6.63. The number of carbonyl (C=O) groups is 1. The van der Waals surface area contributed by atoms with E-state index in [0.29, 0.717) is 17.9 Å². The Morgan fingerprint density at radius 3 is 2.56 bits per heavy atom. The Bertz CT molecular complexity index is 340. The van der Waals surface area contributed by atoms with Crippen molar-refractivity contribution in [1.29, 1.82) is 0 Å². The van der Waals surface area contributed by atoms with Crippen molar-refractivity contribution in [3.8, 4) is 0 Å². The molecule has 0 aromatic heterocycles. The third kappa shape index (κ3) is 0.963. The maximum absolute atomic E-state index is 11.8. The molecule has 4 fully saturated rings. The summed E-state index contributed by atoms with van der Waals surface area (Å²) in [6.45, 7) is 2.03. The molecule has 16 heavy (non-hydrogen) atoms. The van der Waals surface area contributed by atoms with Crippen LogP contribution in [0.5, 0.6) is 0 Å². The molecule has 3 nitrogen and oxygen atoms in total. The molecule has 1 saturated carbocycles. The number of hydrogen-bond donors (Lipinski definition) is 0. The van der Waals surface area contributed by atoms with Crippen LogP contribution in [0.25, 0.3) is 0 Å². The summed E-state index contributed by atoms with van der Waals surface area (Å²) >= 11 is 0. The Balaban J connectivity index is 1.71. The highest BCUT2D eigenvalue weighted by atomic mass is 16.6. The monoisotopic (exact) mass is 222 g/mol. The molecule has 0 amide bonds. The van der Waals surface area contributed by atoms with Gasteiger partial charge in [0, 0.05) is 5.92 Å². The first-order chi connectivity index (χ1) is 7.77. The normalized spacial score (nSPS) is 58.3. The highest BCUT2D eigenvalue weighted by Gasteiger charge is 2.66. The fourth-order valence-corrected chi connectivity index (χ4v) is 4.73. The molecule has 0 N–H and O–H groups in total. The van der Waals surface area contributed by atoms with E-state index in [0.717, 1.165) is 5.92 Å². The Kier molecular flexibility index (Phi) is 1.78. The lowest BCUT2D eigenvalue weighted by Gasteiger charge is -2.36. The van der Waals surface area contributed by atoms with E-state index < -0.39 is 0 Å². The first-order valence-corrected chi connectivity index (χ1v) is 6.63. The van der Waals surface area contributed by atoms with Crippen molar-refractivity contribution in [3.05, 3.63) is 0 Å². The molecule has 2 bridgehead atoms. The predicted octanol–water partition coefficient (Wildman–Crippen LogP) is 1.75. The summed E-state index contributed by atoms with van der Waals surface area (Å²) in [5.74, 6) is 1.81. The minimum absolute atomic E-state index is 0.00836. The van der Waals surface area contributed by atoms with Crippen molar-refractivity contribution < 1.29 is 14.3 Å². The fourth-order valence-electron chi connectivity index (χ4n) is 4.73. The number of cyclic esters (lactones) is 1. The van der Waals surface area contributed by atoms with Crippen molar-refractivity contribution >= 4 is 5.97 Å². The van der Waals surface area contributed by atoms with Crippen LogP contribution in [0.4, 0.5) is 0 Å². The molecule has 3 heteroatoms. The average molecular weight is 222 g/mol. The van der Waals surface area contributed by atoms with Crippen LogP contribution in [0.3, 0.4) is 0 Å². The number of ether oxygens (including phenoxy) is 2. The van der Waals surface area contributed by atoms with Gasteiger partial charge in [-0.1, -0.05) is 12.8 Å². The summed E-state index contributed by atoms with van der Waals surface area (Å²) in [5, 5.41) is 0. The highest BCUT2D eigenvalue weighted by molar-refractivity contribution is 5.77. The molecular formula is C13H18O3. The van der Waals surface area contributed by atoms with Crippen molar-refractivity contribution in [2.45, 2.75) is 50.9 Å². The van der Waals surface area contributed by atoms with Gasteiger partial charge in [-0.3, -0.25) is 4.79 Å². The Morgan fingerprint density at radius 1 is 1.12 bits per heavy atom. The van der Waals surface area contributed by atoms with Crippen LogP contribution in [0, 0.1) is 23.7 Å². The van der Waals surface area contributed by atoms with Gasteiger partial charge in [0.15, 0.2) is 0 Å². The second kappa shape index (κ2) is 3.00. The molecule has 0 aromatic carbocycles. The summed E-state index contributed by atoms with van der Waals surface area (Å²) in [7, 11) is 0. The third-order valence-corrected chi connectivity index (χ3v) is 5.30. The molecule has 3 heterocycles. The van der Waals surface area contributed by atoms with E-state index >= 15 is 0 Å². The third-order valence-electron chi connectivity index (χ3n) is 5.30. The molecule has 0 unspecified atom stereocenters. The zero-order chi connectivity index (χ0) is 10.9. The Labute approximate surface area is 95.5 Å². The van der Waals surface area contributed by atoms with Gasteiger partial charge in [-0.25, -0.2) is 0 Å². The zero-order valence-corrected chi connectivity index (χ0v) is 9.59. The summed E-state index contributed by atoms with van der Waals surface area (Å²) in [5.41, 5.74) is 0. The van der Waals surface area contributed by atoms with Crippen LogP contribution in [0.1, 0.15) is 32.6 Å². The molecular weight excluding hydrogens is 204 g/mol. The molecule has 7 atom stereocenters. The molecule has 0 radical (unpaired) electrons. The molecule has 88 valence electrons. The summed E-state index contributed by atoms with van der Waals surface area (Å²) < 4.78 is 11.5. The Morgan fingerprint density at radius 2 is 1.81 bits per heavy atom. The van der Waals surface area contributed by atoms with Crippen LogP contribution in [-0.4, -0.2) is 24.3 Å².